The van der Waals surface area contributed by atoms with Gasteiger partial charge in [-0.15, -0.1) is 0 Å². The van der Waals surface area contributed by atoms with Crippen LogP contribution in [0.1, 0.15) is 34.8 Å². The Morgan fingerprint density at radius 2 is 1.86 bits per heavy atom. The predicted octanol–water partition coefficient (Wildman–Crippen LogP) is 6.81. The number of ether oxygens (including phenoxy) is 3. The molecule has 2 heterocycles. The van der Waals surface area contributed by atoms with Gasteiger partial charge >= 0.3 is 5.97 Å². The molecule has 0 spiro atoms. The molecule has 1 aliphatic rings. The number of hydrogen-bond donors (Lipinski definition) is 0. The van der Waals surface area contributed by atoms with Crippen LogP contribution in [-0.4, -0.2) is 24.2 Å². The Morgan fingerprint density at radius 3 is 2.62 bits per heavy atom. The minimum absolute atomic E-state index is 0.0400. The van der Waals surface area contributed by atoms with Gasteiger partial charge in [0.15, 0.2) is 0 Å². The van der Waals surface area contributed by atoms with Gasteiger partial charge in [-0.25, -0.2) is 4.79 Å². The molecule has 0 fully saturated rings. The quantitative estimate of drug-likeness (QED) is 0.238. The monoisotopic (exact) mass is 539 g/mol. The third-order valence-electron chi connectivity index (χ3n) is 5.90. The summed E-state index contributed by atoms with van der Waals surface area (Å²) in [6, 6.07) is 15.3. The van der Waals surface area contributed by atoms with Crippen molar-refractivity contribution in [3.8, 4) is 17.2 Å². The van der Waals surface area contributed by atoms with Gasteiger partial charge in [0.05, 0.1) is 33.2 Å². The maximum atomic E-state index is 13.2. The van der Waals surface area contributed by atoms with Crippen molar-refractivity contribution in [2.75, 3.05) is 13.3 Å². The van der Waals surface area contributed by atoms with Crippen LogP contribution in [0, 0.1) is 0 Å². The van der Waals surface area contributed by atoms with E-state index in [0.717, 1.165) is 17.5 Å². The number of carbonyl (C=O) groups excluding carboxylic acids is 1. The molecule has 190 valence electrons. The summed E-state index contributed by atoms with van der Waals surface area (Å²) >= 11 is 12.2. The van der Waals surface area contributed by atoms with Crippen LogP contribution in [0.4, 0.5) is 0 Å². The minimum Gasteiger partial charge on any atom is -0.478 e. The van der Waals surface area contributed by atoms with Gasteiger partial charge in [0.1, 0.15) is 30.1 Å². The molecule has 0 bridgehead atoms. The highest BCUT2D eigenvalue weighted by Crippen LogP contribution is 2.33. The van der Waals surface area contributed by atoms with Gasteiger partial charge in [-0.1, -0.05) is 36.2 Å². The lowest BCUT2D eigenvalue weighted by Crippen LogP contribution is -2.31. The molecule has 0 radical (unpaired) electrons. The van der Waals surface area contributed by atoms with Crippen molar-refractivity contribution < 1.29 is 23.4 Å². The zero-order chi connectivity index (χ0) is 25.9. The number of halogens is 2. The van der Waals surface area contributed by atoms with Crippen molar-refractivity contribution in [2.24, 2.45) is 0 Å². The van der Waals surface area contributed by atoms with Gasteiger partial charge in [0.2, 0.25) is 11.2 Å². The van der Waals surface area contributed by atoms with Gasteiger partial charge in [-0.3, -0.25) is 9.69 Å². The molecule has 0 aliphatic carbocycles. The standard InChI is InChI=1S/C28H23Cl2NO6/c1-2-11-34-28(33)18-4-6-19(7-5-18)37-25-15-35-27-20(26(25)32)8-10-24-21(27)14-31(16-36-24)13-17-3-9-22(29)23(30)12-17/h3-10,12,15H,2,11,13-14,16H2,1H3. The zero-order valence-corrected chi connectivity index (χ0v) is 21.5. The largest absolute Gasteiger partial charge is 0.478 e. The number of benzene rings is 3. The van der Waals surface area contributed by atoms with E-state index in [0.29, 0.717) is 64.5 Å². The summed E-state index contributed by atoms with van der Waals surface area (Å²) in [4.78, 5) is 27.3. The summed E-state index contributed by atoms with van der Waals surface area (Å²) in [6.45, 7) is 3.77. The molecule has 1 aliphatic heterocycles. The zero-order valence-electron chi connectivity index (χ0n) is 20.0. The van der Waals surface area contributed by atoms with E-state index in [1.165, 1.54) is 6.26 Å². The molecule has 0 unspecified atom stereocenters. The predicted molar refractivity (Wildman–Crippen MR) is 141 cm³/mol. The molecule has 0 N–H and O–H groups in total. The number of nitrogens with zero attached hydrogens (tertiary/aromatic N) is 1. The average molecular weight is 540 g/mol. The Kier molecular flexibility index (Phi) is 7.37. The maximum absolute atomic E-state index is 13.2. The van der Waals surface area contributed by atoms with E-state index >= 15 is 0 Å². The van der Waals surface area contributed by atoms with Gasteiger partial charge in [0, 0.05) is 13.1 Å². The van der Waals surface area contributed by atoms with Crippen LogP contribution in [-0.2, 0) is 17.8 Å². The third-order valence-corrected chi connectivity index (χ3v) is 6.64. The van der Waals surface area contributed by atoms with Crippen molar-refractivity contribution in [1.29, 1.82) is 0 Å². The summed E-state index contributed by atoms with van der Waals surface area (Å²) < 4.78 is 22.7. The van der Waals surface area contributed by atoms with Crippen LogP contribution in [0.2, 0.25) is 10.0 Å². The Labute approximate surface area is 223 Å². The van der Waals surface area contributed by atoms with Crippen LogP contribution in [0.5, 0.6) is 17.2 Å². The van der Waals surface area contributed by atoms with Crippen molar-refractivity contribution in [3.63, 3.8) is 0 Å². The summed E-state index contributed by atoms with van der Waals surface area (Å²) in [5.41, 5.74) is 2.31. The first kappa shape index (κ1) is 25.1. The van der Waals surface area contributed by atoms with E-state index < -0.39 is 5.97 Å². The van der Waals surface area contributed by atoms with Gasteiger partial charge < -0.3 is 18.6 Å². The molecule has 0 atom stereocenters. The molecule has 0 saturated heterocycles. The fourth-order valence-corrected chi connectivity index (χ4v) is 4.39. The lowest BCUT2D eigenvalue weighted by Gasteiger charge is -2.29. The van der Waals surface area contributed by atoms with Crippen molar-refractivity contribution in [3.05, 3.63) is 97.8 Å². The minimum atomic E-state index is -0.404. The molecule has 7 nitrogen and oxygen atoms in total. The van der Waals surface area contributed by atoms with E-state index in [1.54, 1.807) is 42.5 Å². The van der Waals surface area contributed by atoms with Gasteiger partial charge in [-0.05, 0) is 60.5 Å². The molecule has 4 aromatic rings. The van der Waals surface area contributed by atoms with E-state index in [-0.39, 0.29) is 11.2 Å². The molecule has 1 aromatic heterocycles. The Balaban J connectivity index is 1.36. The fourth-order valence-electron chi connectivity index (χ4n) is 4.07. The summed E-state index contributed by atoms with van der Waals surface area (Å²) in [5, 5.41) is 1.38. The first-order valence-electron chi connectivity index (χ1n) is 11.7. The highest BCUT2D eigenvalue weighted by atomic mass is 35.5. The molecule has 5 rings (SSSR count). The second-order valence-electron chi connectivity index (χ2n) is 8.62. The Hall–Kier alpha value is -3.52. The first-order valence-corrected chi connectivity index (χ1v) is 12.5. The summed E-state index contributed by atoms with van der Waals surface area (Å²) in [6.07, 6.45) is 2.04. The molecule has 0 saturated carbocycles. The van der Waals surface area contributed by atoms with Crippen LogP contribution in [0.25, 0.3) is 11.0 Å². The number of carbonyl (C=O) groups is 1. The second kappa shape index (κ2) is 10.8. The third kappa shape index (κ3) is 5.44. The van der Waals surface area contributed by atoms with Crippen LogP contribution < -0.4 is 14.9 Å². The number of fused-ring (bicyclic) bond motifs is 3. The highest BCUT2D eigenvalue weighted by Gasteiger charge is 2.23. The Bertz CT molecular complexity index is 1520. The first-order chi connectivity index (χ1) is 17.9. The molecular weight excluding hydrogens is 517 g/mol. The average Bonchev–Trinajstić information content (AvgIpc) is 2.91. The SMILES string of the molecule is CCCOC(=O)c1ccc(Oc2coc3c4c(ccc3c2=O)OCN(Cc2ccc(Cl)c(Cl)c2)C4)cc1. The van der Waals surface area contributed by atoms with E-state index in [9.17, 15) is 9.59 Å². The lowest BCUT2D eigenvalue weighted by atomic mass is 10.1. The van der Waals surface area contributed by atoms with Gasteiger partial charge in [-0.2, -0.15) is 0 Å². The highest BCUT2D eigenvalue weighted by molar-refractivity contribution is 6.42. The second-order valence-corrected chi connectivity index (χ2v) is 9.43. The summed E-state index contributed by atoms with van der Waals surface area (Å²) in [7, 11) is 0. The maximum Gasteiger partial charge on any atom is 0.338 e. The molecule has 0 amide bonds. The van der Waals surface area contributed by atoms with Gasteiger partial charge in [0.25, 0.3) is 0 Å². The van der Waals surface area contributed by atoms with Crippen molar-refractivity contribution in [1.82, 2.24) is 4.90 Å². The molecule has 3 aromatic carbocycles. The van der Waals surface area contributed by atoms with Crippen molar-refractivity contribution >= 4 is 40.1 Å². The van der Waals surface area contributed by atoms with Crippen molar-refractivity contribution in [2.45, 2.75) is 26.4 Å². The smallest absolute Gasteiger partial charge is 0.338 e. The Morgan fingerprint density at radius 1 is 1.05 bits per heavy atom. The normalized spacial score (nSPS) is 13.2. The number of esters is 1. The fraction of sp³-hybridized carbons (Fsp3) is 0.214. The van der Waals surface area contributed by atoms with E-state index in [1.807, 2.05) is 19.1 Å². The number of hydrogen-bond acceptors (Lipinski definition) is 7. The van der Waals surface area contributed by atoms with E-state index in [4.69, 9.17) is 41.8 Å². The lowest BCUT2D eigenvalue weighted by molar-refractivity contribution is 0.0505. The topological polar surface area (TPSA) is 78.2 Å². The van der Waals surface area contributed by atoms with E-state index in [2.05, 4.69) is 4.90 Å². The van der Waals surface area contributed by atoms with Crippen LogP contribution in [0.3, 0.4) is 0 Å². The molecule has 37 heavy (non-hydrogen) atoms. The number of rotatable bonds is 7. The van der Waals surface area contributed by atoms with Crippen LogP contribution in [0.15, 0.2) is 70.1 Å². The van der Waals surface area contributed by atoms with Crippen LogP contribution >= 0.6 is 23.2 Å². The summed E-state index contributed by atoms with van der Waals surface area (Å²) in [5.74, 6) is 0.699. The molecule has 9 heteroatoms. The molecular formula is C28H23Cl2NO6.